The standard InChI is InChI=1S/C26H21F4N3O4S/c27-20-13-19(26(28,29)30)3-2-18(20)14-32-6-5-17-11-16(1-4-21(17)32)12-22-24(35)33(25(36)38-22)15-23(34)31-7-9-37-10-8-31/h1-6,11-13H,7-10,14-15H2/b22-12-. The first-order chi connectivity index (χ1) is 18.1. The van der Waals surface area contributed by atoms with E-state index >= 15 is 0 Å². The number of imide groups is 1. The van der Waals surface area contributed by atoms with Crippen molar-refractivity contribution in [3.8, 4) is 0 Å². The van der Waals surface area contributed by atoms with Gasteiger partial charge in [-0.3, -0.25) is 19.3 Å². The first-order valence-corrected chi connectivity index (χ1v) is 12.5. The SMILES string of the molecule is O=C(CN1C(=O)S/C(=C\c2ccc3c(ccn3Cc3ccc(C(F)(F)F)cc3F)c2)C1=O)N1CCOCC1. The summed E-state index contributed by atoms with van der Waals surface area (Å²) in [5, 5.41) is 0.237. The van der Waals surface area contributed by atoms with Gasteiger partial charge in [0.15, 0.2) is 0 Å². The number of fused-ring (bicyclic) bond motifs is 1. The molecule has 0 saturated carbocycles. The van der Waals surface area contributed by atoms with Crippen LogP contribution in [0.4, 0.5) is 22.4 Å². The number of benzene rings is 2. The summed E-state index contributed by atoms with van der Waals surface area (Å²) in [7, 11) is 0. The minimum atomic E-state index is -4.62. The lowest BCUT2D eigenvalue weighted by molar-refractivity contribution is -0.139. The lowest BCUT2D eigenvalue weighted by Crippen LogP contribution is -2.46. The lowest BCUT2D eigenvalue weighted by Gasteiger charge is -2.28. The van der Waals surface area contributed by atoms with Crippen molar-refractivity contribution in [2.45, 2.75) is 12.7 Å². The largest absolute Gasteiger partial charge is 0.416 e. The molecule has 2 aliphatic rings. The van der Waals surface area contributed by atoms with Crippen LogP contribution in [0.2, 0.25) is 0 Å². The van der Waals surface area contributed by atoms with Crippen LogP contribution in [0.25, 0.3) is 17.0 Å². The summed E-state index contributed by atoms with van der Waals surface area (Å²) in [5.41, 5.74) is 0.419. The van der Waals surface area contributed by atoms with Crippen LogP contribution < -0.4 is 0 Å². The molecule has 3 amide bonds. The number of rotatable bonds is 5. The number of nitrogens with zero attached hydrogens (tertiary/aromatic N) is 3. The van der Waals surface area contributed by atoms with Crippen molar-refractivity contribution in [2.24, 2.45) is 0 Å². The maximum absolute atomic E-state index is 14.3. The zero-order valence-corrected chi connectivity index (χ0v) is 20.7. The Hall–Kier alpha value is -3.64. The number of hydrogen-bond donors (Lipinski definition) is 0. The third-order valence-corrected chi connectivity index (χ3v) is 7.25. The highest BCUT2D eigenvalue weighted by Crippen LogP contribution is 2.33. The monoisotopic (exact) mass is 547 g/mol. The van der Waals surface area contributed by atoms with Gasteiger partial charge in [-0.05, 0) is 53.7 Å². The maximum Gasteiger partial charge on any atom is 0.416 e. The molecule has 38 heavy (non-hydrogen) atoms. The van der Waals surface area contributed by atoms with Crippen LogP contribution in [-0.2, 0) is 27.0 Å². The molecule has 3 heterocycles. The number of morpholine rings is 1. The van der Waals surface area contributed by atoms with Gasteiger partial charge in [0.1, 0.15) is 12.4 Å². The van der Waals surface area contributed by atoms with E-state index in [1.807, 2.05) is 0 Å². The first-order valence-electron chi connectivity index (χ1n) is 11.7. The van der Waals surface area contributed by atoms with Crippen LogP contribution >= 0.6 is 11.8 Å². The van der Waals surface area contributed by atoms with Crippen molar-refractivity contribution in [1.29, 1.82) is 0 Å². The van der Waals surface area contributed by atoms with Gasteiger partial charge in [0, 0.05) is 35.8 Å². The average molecular weight is 548 g/mol. The molecule has 2 aromatic carbocycles. The van der Waals surface area contributed by atoms with E-state index in [1.54, 1.807) is 46.0 Å². The molecule has 12 heteroatoms. The van der Waals surface area contributed by atoms with Gasteiger partial charge in [-0.25, -0.2) is 4.39 Å². The molecule has 3 aromatic rings. The molecule has 0 aliphatic carbocycles. The number of alkyl halides is 3. The molecule has 0 atom stereocenters. The zero-order valence-electron chi connectivity index (χ0n) is 19.8. The number of carbonyl (C=O) groups is 3. The van der Waals surface area contributed by atoms with Gasteiger partial charge in [-0.15, -0.1) is 0 Å². The van der Waals surface area contributed by atoms with E-state index in [4.69, 9.17) is 4.74 Å². The highest BCUT2D eigenvalue weighted by Gasteiger charge is 2.37. The van der Waals surface area contributed by atoms with E-state index in [0.29, 0.717) is 43.4 Å². The molecule has 198 valence electrons. The molecule has 0 spiro atoms. The summed E-state index contributed by atoms with van der Waals surface area (Å²) < 4.78 is 59.7. The second kappa shape index (κ2) is 10.3. The smallest absolute Gasteiger partial charge is 0.378 e. The molecular weight excluding hydrogens is 526 g/mol. The van der Waals surface area contributed by atoms with Crippen molar-refractivity contribution in [1.82, 2.24) is 14.4 Å². The molecule has 1 aromatic heterocycles. The van der Waals surface area contributed by atoms with Crippen LogP contribution in [-0.4, -0.2) is 64.3 Å². The quantitative estimate of drug-likeness (QED) is 0.341. The number of amides is 3. The summed E-state index contributed by atoms with van der Waals surface area (Å²) >= 11 is 0.758. The number of aromatic nitrogens is 1. The summed E-state index contributed by atoms with van der Waals surface area (Å²) in [6.45, 7) is 1.35. The molecule has 5 rings (SSSR count). The zero-order chi connectivity index (χ0) is 27.0. The van der Waals surface area contributed by atoms with Gasteiger partial charge in [0.2, 0.25) is 5.91 Å². The third-order valence-electron chi connectivity index (χ3n) is 6.34. The highest BCUT2D eigenvalue weighted by atomic mass is 32.2. The fourth-order valence-corrected chi connectivity index (χ4v) is 5.16. The molecule has 0 radical (unpaired) electrons. The van der Waals surface area contributed by atoms with E-state index in [-0.39, 0.29) is 29.5 Å². The number of thioether (sulfide) groups is 1. The number of ether oxygens (including phenoxy) is 1. The third kappa shape index (κ3) is 5.32. The highest BCUT2D eigenvalue weighted by molar-refractivity contribution is 8.18. The minimum Gasteiger partial charge on any atom is -0.378 e. The second-order valence-electron chi connectivity index (χ2n) is 8.83. The van der Waals surface area contributed by atoms with Gasteiger partial charge in [0.25, 0.3) is 11.1 Å². The van der Waals surface area contributed by atoms with E-state index in [0.717, 1.165) is 34.2 Å². The molecular formula is C26H21F4N3O4S. The van der Waals surface area contributed by atoms with E-state index < -0.39 is 28.7 Å². The molecule has 2 aliphatic heterocycles. The fraction of sp³-hybridized carbons (Fsp3) is 0.269. The van der Waals surface area contributed by atoms with Gasteiger partial charge >= 0.3 is 6.18 Å². The normalized spacial score (nSPS) is 17.7. The predicted molar refractivity (Wildman–Crippen MR) is 133 cm³/mol. The molecule has 0 bridgehead atoms. The van der Waals surface area contributed by atoms with Gasteiger partial charge < -0.3 is 14.2 Å². The summed E-state index contributed by atoms with van der Waals surface area (Å²) in [6, 6.07) is 9.47. The van der Waals surface area contributed by atoms with Gasteiger partial charge in [0.05, 0.1) is 30.2 Å². The summed E-state index contributed by atoms with van der Waals surface area (Å²) in [5.74, 6) is -1.80. The van der Waals surface area contributed by atoms with Crippen LogP contribution in [0.5, 0.6) is 0 Å². The number of hydrogen-bond acceptors (Lipinski definition) is 5. The van der Waals surface area contributed by atoms with Crippen molar-refractivity contribution in [3.63, 3.8) is 0 Å². The Kier molecular flexibility index (Phi) is 7.01. The molecule has 7 nitrogen and oxygen atoms in total. The van der Waals surface area contributed by atoms with Crippen molar-refractivity contribution in [3.05, 3.63) is 76.1 Å². The molecule has 0 unspecified atom stereocenters. The molecule has 2 saturated heterocycles. The van der Waals surface area contributed by atoms with Crippen LogP contribution in [0.15, 0.2) is 53.6 Å². The predicted octanol–water partition coefficient (Wildman–Crippen LogP) is 4.74. The van der Waals surface area contributed by atoms with Crippen LogP contribution in [0, 0.1) is 5.82 Å². The number of carbonyl (C=O) groups excluding carboxylic acids is 3. The average Bonchev–Trinajstić information content (AvgIpc) is 3.40. The number of halogens is 4. The van der Waals surface area contributed by atoms with Gasteiger partial charge in [-0.2, -0.15) is 13.2 Å². The Balaban J connectivity index is 1.31. The van der Waals surface area contributed by atoms with Crippen molar-refractivity contribution < 1.29 is 36.7 Å². The van der Waals surface area contributed by atoms with E-state index in [2.05, 4.69) is 0 Å². The Morgan fingerprint density at radius 3 is 2.53 bits per heavy atom. The molecule has 0 N–H and O–H groups in total. The van der Waals surface area contributed by atoms with E-state index in [9.17, 15) is 31.9 Å². The lowest BCUT2D eigenvalue weighted by atomic mass is 10.1. The van der Waals surface area contributed by atoms with Crippen molar-refractivity contribution in [2.75, 3.05) is 32.8 Å². The first kappa shape index (κ1) is 26.0. The fourth-order valence-electron chi connectivity index (χ4n) is 4.32. The molecule has 2 fully saturated rings. The Morgan fingerprint density at radius 1 is 1.05 bits per heavy atom. The topological polar surface area (TPSA) is 71.9 Å². The van der Waals surface area contributed by atoms with Crippen molar-refractivity contribution >= 4 is 45.8 Å². The summed E-state index contributed by atoms with van der Waals surface area (Å²) in [4.78, 5) is 40.4. The van der Waals surface area contributed by atoms with Gasteiger partial charge in [-0.1, -0.05) is 12.1 Å². The Labute approximate surface area is 218 Å². The van der Waals surface area contributed by atoms with E-state index in [1.165, 1.54) is 0 Å². The Morgan fingerprint density at radius 2 is 1.82 bits per heavy atom. The Bertz CT molecular complexity index is 1460. The minimum absolute atomic E-state index is 0.0306. The second-order valence-corrected chi connectivity index (χ2v) is 9.82. The summed E-state index contributed by atoms with van der Waals surface area (Å²) in [6.07, 6.45) is -1.36. The maximum atomic E-state index is 14.3. The van der Waals surface area contributed by atoms with Crippen LogP contribution in [0.1, 0.15) is 16.7 Å². The van der Waals surface area contributed by atoms with Crippen LogP contribution in [0.3, 0.4) is 0 Å².